The van der Waals surface area contributed by atoms with Crippen molar-refractivity contribution < 1.29 is 4.74 Å². The van der Waals surface area contributed by atoms with Crippen molar-refractivity contribution in [3.8, 4) is 18.1 Å². The molecule has 0 aliphatic carbocycles. The Balaban J connectivity index is 2.31. The first-order valence-electron chi connectivity index (χ1n) is 5.09. The first-order valence-corrected chi connectivity index (χ1v) is 5.09. The van der Waals surface area contributed by atoms with Crippen LogP contribution in [0.3, 0.4) is 0 Å². The Morgan fingerprint density at radius 2 is 2.53 bits per heavy atom. The second-order valence-electron chi connectivity index (χ2n) is 3.30. The molecule has 1 atom stereocenters. The van der Waals surface area contributed by atoms with E-state index in [4.69, 9.17) is 11.2 Å². The SMILES string of the molecule is C#CCNCC(C)Oc1cnn(CC)c1. The number of ether oxygens (including phenoxy) is 1. The van der Waals surface area contributed by atoms with Crippen molar-refractivity contribution in [3.63, 3.8) is 0 Å². The van der Waals surface area contributed by atoms with Crippen LogP contribution in [-0.2, 0) is 6.54 Å². The number of hydrogen-bond donors (Lipinski definition) is 1. The summed E-state index contributed by atoms with van der Waals surface area (Å²) < 4.78 is 7.46. The van der Waals surface area contributed by atoms with Gasteiger partial charge in [-0.15, -0.1) is 6.42 Å². The first-order chi connectivity index (χ1) is 7.26. The lowest BCUT2D eigenvalue weighted by molar-refractivity contribution is 0.219. The Kier molecular flexibility index (Phi) is 4.72. The van der Waals surface area contributed by atoms with Crippen LogP contribution < -0.4 is 10.1 Å². The fourth-order valence-corrected chi connectivity index (χ4v) is 1.20. The minimum atomic E-state index is 0.0906. The molecule has 0 bridgehead atoms. The van der Waals surface area contributed by atoms with E-state index in [2.05, 4.69) is 16.3 Å². The number of hydrogen-bond acceptors (Lipinski definition) is 3. The largest absolute Gasteiger partial charge is 0.486 e. The van der Waals surface area contributed by atoms with Gasteiger partial charge in [0.25, 0.3) is 0 Å². The van der Waals surface area contributed by atoms with Crippen molar-refractivity contribution in [2.24, 2.45) is 0 Å². The Bertz CT molecular complexity index is 327. The Morgan fingerprint density at radius 3 is 3.13 bits per heavy atom. The highest BCUT2D eigenvalue weighted by atomic mass is 16.5. The van der Waals surface area contributed by atoms with Gasteiger partial charge in [0.2, 0.25) is 0 Å². The van der Waals surface area contributed by atoms with E-state index in [0.717, 1.165) is 18.8 Å². The van der Waals surface area contributed by atoms with Crippen molar-refractivity contribution >= 4 is 0 Å². The molecule has 0 spiro atoms. The van der Waals surface area contributed by atoms with Gasteiger partial charge in [0.1, 0.15) is 6.10 Å². The predicted octanol–water partition coefficient (Wildman–Crippen LogP) is 0.893. The first kappa shape index (κ1) is 11.6. The molecular formula is C11H17N3O. The van der Waals surface area contributed by atoms with Crippen molar-refractivity contribution in [2.75, 3.05) is 13.1 Å². The summed E-state index contributed by atoms with van der Waals surface area (Å²) in [6.45, 7) is 6.19. The summed E-state index contributed by atoms with van der Waals surface area (Å²) in [5.74, 6) is 3.32. The lowest BCUT2D eigenvalue weighted by Crippen LogP contribution is -2.29. The molecule has 1 aromatic rings. The predicted molar refractivity (Wildman–Crippen MR) is 59.7 cm³/mol. The van der Waals surface area contributed by atoms with Crippen LogP contribution in [0.15, 0.2) is 12.4 Å². The van der Waals surface area contributed by atoms with Gasteiger partial charge in [0, 0.05) is 13.1 Å². The quantitative estimate of drug-likeness (QED) is 0.556. The van der Waals surface area contributed by atoms with E-state index >= 15 is 0 Å². The summed E-state index contributed by atoms with van der Waals surface area (Å²) in [6.07, 6.45) is 8.82. The third-order valence-corrected chi connectivity index (χ3v) is 1.93. The van der Waals surface area contributed by atoms with E-state index in [1.54, 1.807) is 6.20 Å². The number of rotatable bonds is 6. The van der Waals surface area contributed by atoms with Crippen LogP contribution in [-0.4, -0.2) is 29.0 Å². The van der Waals surface area contributed by atoms with Crippen LogP contribution in [0.5, 0.6) is 5.75 Å². The molecule has 0 saturated carbocycles. The topological polar surface area (TPSA) is 39.1 Å². The maximum absolute atomic E-state index is 5.63. The fraction of sp³-hybridized carbons (Fsp3) is 0.545. The molecule has 0 aliphatic rings. The monoisotopic (exact) mass is 207 g/mol. The zero-order chi connectivity index (χ0) is 11.1. The molecule has 15 heavy (non-hydrogen) atoms. The van der Waals surface area contributed by atoms with Gasteiger partial charge in [-0.1, -0.05) is 5.92 Å². The smallest absolute Gasteiger partial charge is 0.157 e. The highest BCUT2D eigenvalue weighted by molar-refractivity contribution is 5.12. The van der Waals surface area contributed by atoms with Crippen LogP contribution in [0.25, 0.3) is 0 Å². The van der Waals surface area contributed by atoms with Gasteiger partial charge in [-0.2, -0.15) is 5.10 Å². The zero-order valence-electron chi connectivity index (χ0n) is 9.23. The number of terminal acetylenes is 1. The maximum atomic E-state index is 5.63. The minimum Gasteiger partial charge on any atom is -0.486 e. The van der Waals surface area contributed by atoms with Gasteiger partial charge in [0.15, 0.2) is 5.75 Å². The third kappa shape index (κ3) is 4.05. The number of aromatic nitrogens is 2. The van der Waals surface area contributed by atoms with Crippen molar-refractivity contribution in [2.45, 2.75) is 26.5 Å². The second-order valence-corrected chi connectivity index (χ2v) is 3.30. The molecule has 82 valence electrons. The average molecular weight is 207 g/mol. The normalized spacial score (nSPS) is 12.1. The molecule has 0 amide bonds. The Morgan fingerprint density at radius 1 is 1.73 bits per heavy atom. The molecule has 4 heteroatoms. The van der Waals surface area contributed by atoms with Gasteiger partial charge < -0.3 is 10.1 Å². The van der Waals surface area contributed by atoms with Crippen molar-refractivity contribution in [1.29, 1.82) is 0 Å². The van der Waals surface area contributed by atoms with Crippen LogP contribution in [0.2, 0.25) is 0 Å². The summed E-state index contributed by atoms with van der Waals surface area (Å²) >= 11 is 0. The van der Waals surface area contributed by atoms with Crippen molar-refractivity contribution in [1.82, 2.24) is 15.1 Å². The van der Waals surface area contributed by atoms with Gasteiger partial charge >= 0.3 is 0 Å². The van der Waals surface area contributed by atoms with E-state index in [-0.39, 0.29) is 6.10 Å². The molecular weight excluding hydrogens is 190 g/mol. The molecule has 1 rings (SSSR count). The summed E-state index contributed by atoms with van der Waals surface area (Å²) in [5.41, 5.74) is 0. The fourth-order valence-electron chi connectivity index (χ4n) is 1.20. The molecule has 1 heterocycles. The number of nitrogens with one attached hydrogen (secondary N) is 1. The second kappa shape index (κ2) is 6.10. The standard InChI is InChI=1S/C11H17N3O/c1-4-6-12-7-10(3)15-11-8-13-14(5-2)9-11/h1,8-10,12H,5-7H2,2-3H3. The lowest BCUT2D eigenvalue weighted by Gasteiger charge is -2.12. The van der Waals surface area contributed by atoms with E-state index in [1.165, 1.54) is 0 Å². The van der Waals surface area contributed by atoms with E-state index < -0.39 is 0 Å². The van der Waals surface area contributed by atoms with E-state index in [0.29, 0.717) is 6.54 Å². The summed E-state index contributed by atoms with van der Waals surface area (Å²) in [6, 6.07) is 0. The molecule has 1 N–H and O–H groups in total. The van der Waals surface area contributed by atoms with E-state index in [1.807, 2.05) is 24.7 Å². The molecule has 0 radical (unpaired) electrons. The molecule has 0 fully saturated rings. The van der Waals surface area contributed by atoms with Gasteiger partial charge in [-0.25, -0.2) is 0 Å². The number of nitrogens with zero attached hydrogens (tertiary/aromatic N) is 2. The Labute approximate surface area is 90.6 Å². The zero-order valence-corrected chi connectivity index (χ0v) is 9.23. The van der Waals surface area contributed by atoms with Gasteiger partial charge in [-0.3, -0.25) is 4.68 Å². The summed E-state index contributed by atoms with van der Waals surface area (Å²) in [7, 11) is 0. The highest BCUT2D eigenvalue weighted by Gasteiger charge is 2.04. The summed E-state index contributed by atoms with van der Waals surface area (Å²) in [4.78, 5) is 0. The number of aryl methyl sites for hydroxylation is 1. The van der Waals surface area contributed by atoms with Crippen LogP contribution in [0.1, 0.15) is 13.8 Å². The minimum absolute atomic E-state index is 0.0906. The molecule has 0 aliphatic heterocycles. The molecule has 1 unspecified atom stereocenters. The van der Waals surface area contributed by atoms with E-state index in [9.17, 15) is 0 Å². The van der Waals surface area contributed by atoms with Crippen LogP contribution in [0, 0.1) is 12.3 Å². The van der Waals surface area contributed by atoms with Gasteiger partial charge in [0.05, 0.1) is 18.9 Å². The maximum Gasteiger partial charge on any atom is 0.157 e. The third-order valence-electron chi connectivity index (χ3n) is 1.93. The molecule has 0 saturated heterocycles. The molecule has 1 aromatic heterocycles. The highest BCUT2D eigenvalue weighted by Crippen LogP contribution is 2.09. The van der Waals surface area contributed by atoms with Crippen molar-refractivity contribution in [3.05, 3.63) is 12.4 Å². The summed E-state index contributed by atoms with van der Waals surface area (Å²) in [5, 5.41) is 7.21. The van der Waals surface area contributed by atoms with Crippen LogP contribution >= 0.6 is 0 Å². The Hall–Kier alpha value is -1.47. The average Bonchev–Trinajstić information content (AvgIpc) is 2.66. The molecule has 4 nitrogen and oxygen atoms in total. The van der Waals surface area contributed by atoms with Gasteiger partial charge in [-0.05, 0) is 13.8 Å². The molecule has 0 aromatic carbocycles. The lowest BCUT2D eigenvalue weighted by atomic mass is 10.4. The van der Waals surface area contributed by atoms with Crippen LogP contribution in [0.4, 0.5) is 0 Å².